The second kappa shape index (κ2) is 42.2. The minimum Gasteiger partial charge on any atom is -0.462 e. The van der Waals surface area contributed by atoms with Gasteiger partial charge in [0.25, 0.3) is 10.1 Å². The second-order valence-electron chi connectivity index (χ2n) is 17.5. The fraction of sp³-hybridized carbons (Fsp3) is 0.736. The minimum absolute atomic E-state index is 0.123. The minimum atomic E-state index is -4.61. The molecule has 6 atom stereocenters. The molecule has 0 aromatic rings. The topological polar surface area (TPSA) is 186 Å². The molecule has 66 heavy (non-hydrogen) atoms. The van der Waals surface area contributed by atoms with Gasteiger partial charge in [-0.2, -0.15) is 8.42 Å². The van der Waals surface area contributed by atoms with Gasteiger partial charge in [-0.3, -0.25) is 14.1 Å². The molecule has 380 valence electrons. The highest BCUT2D eigenvalue weighted by Crippen LogP contribution is 2.24. The molecule has 2 unspecified atom stereocenters. The molecule has 13 heteroatoms. The number of unbranched alkanes of at least 4 members (excludes halogenated alkanes) is 18. The molecular weight excluding hydrogens is 861 g/mol. The maximum atomic E-state index is 12.9. The molecule has 0 aromatic carbocycles. The van der Waals surface area contributed by atoms with Crippen LogP contribution in [0.4, 0.5) is 0 Å². The molecule has 12 nitrogen and oxygen atoms in total. The Morgan fingerprint density at radius 3 is 1.36 bits per heavy atom. The summed E-state index contributed by atoms with van der Waals surface area (Å²) in [6.07, 6.45) is 45.0. The number of allylic oxidation sites excluding steroid dienone is 12. The highest BCUT2D eigenvalue weighted by molar-refractivity contribution is 7.85. The van der Waals surface area contributed by atoms with Crippen molar-refractivity contribution >= 4 is 22.1 Å². The molecule has 1 saturated heterocycles. The predicted octanol–water partition coefficient (Wildman–Crippen LogP) is 11.5. The number of rotatable bonds is 42. The molecule has 0 aromatic heterocycles. The number of carbonyl (C=O) groups is 2. The van der Waals surface area contributed by atoms with Gasteiger partial charge in [-0.05, 0) is 89.9 Å². The van der Waals surface area contributed by atoms with Crippen molar-refractivity contribution in [3.05, 3.63) is 72.9 Å². The van der Waals surface area contributed by atoms with Gasteiger partial charge >= 0.3 is 11.9 Å². The van der Waals surface area contributed by atoms with Crippen molar-refractivity contribution in [2.45, 2.75) is 230 Å². The van der Waals surface area contributed by atoms with Crippen LogP contribution in [0.3, 0.4) is 0 Å². The molecule has 1 aliphatic heterocycles. The molecule has 1 fully saturated rings. The average Bonchev–Trinajstić information content (AvgIpc) is 3.28. The fourth-order valence-corrected chi connectivity index (χ4v) is 7.97. The Morgan fingerprint density at radius 2 is 0.909 bits per heavy atom. The summed E-state index contributed by atoms with van der Waals surface area (Å²) in [4.78, 5) is 25.5. The van der Waals surface area contributed by atoms with E-state index in [9.17, 15) is 37.9 Å². The molecule has 0 aliphatic carbocycles. The maximum absolute atomic E-state index is 12.9. The standard InChI is InChI=1S/C53H90O12S/c1-3-5-7-9-11-13-15-17-19-21-23-25-27-29-31-33-35-37-39-41-48(54)62-43-46(44-63-53-52(58)51(57)50(56)47(65-53)45-66(59,60)61)64-49(55)42-40-38-36-34-32-30-28-26-24-22-20-18-16-14-12-10-8-6-4-2/h11-14,17-20,24,26,30,32,46-47,50-53,56-58H,3-10,15-16,21-23,25,27-29,31,33-45H2,1-2H3,(H,59,60,61)/b13-11+,14-12+,19-17+,20-18+,26-24+,32-30+/t46-,47-,50-,51?,52?,53+/m1/s1. The Morgan fingerprint density at radius 1 is 0.515 bits per heavy atom. The summed E-state index contributed by atoms with van der Waals surface area (Å²) in [7, 11) is -4.61. The predicted molar refractivity (Wildman–Crippen MR) is 265 cm³/mol. The lowest BCUT2D eigenvalue weighted by Gasteiger charge is -2.40. The van der Waals surface area contributed by atoms with Crippen LogP contribution in [0.15, 0.2) is 72.9 Å². The maximum Gasteiger partial charge on any atom is 0.306 e. The van der Waals surface area contributed by atoms with E-state index in [4.69, 9.17) is 18.9 Å². The van der Waals surface area contributed by atoms with E-state index in [1.165, 1.54) is 77.0 Å². The van der Waals surface area contributed by atoms with E-state index >= 15 is 0 Å². The van der Waals surface area contributed by atoms with Crippen LogP contribution in [0.1, 0.15) is 194 Å². The number of esters is 2. The highest BCUT2D eigenvalue weighted by atomic mass is 32.2. The van der Waals surface area contributed by atoms with Gasteiger partial charge in [-0.15, -0.1) is 0 Å². The average molecular weight is 951 g/mol. The summed E-state index contributed by atoms with van der Waals surface area (Å²) in [6.45, 7) is 3.69. The SMILES string of the molecule is CCCCC/C=C/C/C=C/C/C=C/C/C=C/CCCCCC(=O)O[C@H](COC(=O)CCCCCCCCCCC/C=C/C/C=C/CCCCC)CO[C@H]1O[C@H](CS(=O)(=O)O)[C@@H](O)C(O)C1O. The summed E-state index contributed by atoms with van der Waals surface area (Å²) in [5.74, 6) is -2.03. The third kappa shape index (κ3) is 36.2. The molecule has 1 aliphatic rings. The Labute approximate surface area is 399 Å². The third-order valence-corrected chi connectivity index (χ3v) is 12.0. The van der Waals surface area contributed by atoms with E-state index in [1.807, 2.05) is 0 Å². The van der Waals surface area contributed by atoms with Crippen LogP contribution in [0.2, 0.25) is 0 Å². The molecule has 0 amide bonds. The molecule has 0 saturated carbocycles. The Kier molecular flexibility index (Phi) is 39.1. The van der Waals surface area contributed by atoms with Crippen molar-refractivity contribution in [1.82, 2.24) is 0 Å². The normalized spacial score (nSPS) is 20.0. The zero-order valence-corrected chi connectivity index (χ0v) is 41.6. The second-order valence-corrected chi connectivity index (χ2v) is 19.0. The van der Waals surface area contributed by atoms with Crippen molar-refractivity contribution in [2.75, 3.05) is 19.0 Å². The number of aliphatic hydroxyl groups excluding tert-OH is 3. The molecule has 0 bridgehead atoms. The molecule has 4 N–H and O–H groups in total. The van der Waals surface area contributed by atoms with Gasteiger partial charge in [0.1, 0.15) is 36.8 Å². The van der Waals surface area contributed by atoms with E-state index in [2.05, 4.69) is 86.8 Å². The van der Waals surface area contributed by atoms with Gasteiger partial charge in [0.15, 0.2) is 12.4 Å². The van der Waals surface area contributed by atoms with Gasteiger partial charge < -0.3 is 34.3 Å². The van der Waals surface area contributed by atoms with Crippen LogP contribution >= 0.6 is 0 Å². The van der Waals surface area contributed by atoms with Crippen molar-refractivity contribution in [3.63, 3.8) is 0 Å². The monoisotopic (exact) mass is 951 g/mol. The Bertz CT molecular complexity index is 1490. The molecular formula is C53H90O12S. The summed E-state index contributed by atoms with van der Waals surface area (Å²) in [5.41, 5.74) is 0. The fourth-order valence-electron chi connectivity index (χ4n) is 7.28. The van der Waals surface area contributed by atoms with Crippen LogP contribution in [-0.2, 0) is 38.7 Å². The number of aliphatic hydroxyl groups is 3. The van der Waals surface area contributed by atoms with Crippen molar-refractivity contribution in [1.29, 1.82) is 0 Å². The van der Waals surface area contributed by atoms with Crippen molar-refractivity contribution in [2.24, 2.45) is 0 Å². The Hall–Kier alpha value is -2.91. The van der Waals surface area contributed by atoms with Crippen LogP contribution in [0.5, 0.6) is 0 Å². The van der Waals surface area contributed by atoms with E-state index in [1.54, 1.807) is 0 Å². The van der Waals surface area contributed by atoms with Crippen LogP contribution in [0, 0.1) is 0 Å². The number of carbonyl (C=O) groups excluding carboxylic acids is 2. The van der Waals surface area contributed by atoms with Crippen LogP contribution in [-0.4, -0.2) is 96.0 Å². The third-order valence-electron chi connectivity index (χ3n) is 11.3. The molecule has 1 rings (SSSR count). The summed E-state index contributed by atoms with van der Waals surface area (Å²) in [5, 5.41) is 31.0. The van der Waals surface area contributed by atoms with Gasteiger partial charge in [0, 0.05) is 12.8 Å². The number of ether oxygens (including phenoxy) is 4. The lowest BCUT2D eigenvalue weighted by atomic mass is 10.00. The summed E-state index contributed by atoms with van der Waals surface area (Å²) < 4.78 is 54.2. The first-order chi connectivity index (χ1) is 32.0. The largest absolute Gasteiger partial charge is 0.462 e. The van der Waals surface area contributed by atoms with Crippen molar-refractivity contribution < 1.29 is 56.8 Å². The molecule has 0 spiro atoms. The van der Waals surface area contributed by atoms with Gasteiger partial charge in [0.2, 0.25) is 0 Å². The van der Waals surface area contributed by atoms with E-state index < -0.39 is 71.2 Å². The smallest absolute Gasteiger partial charge is 0.306 e. The van der Waals surface area contributed by atoms with Gasteiger partial charge in [-0.25, -0.2) is 0 Å². The number of hydrogen-bond donors (Lipinski definition) is 4. The lowest BCUT2D eigenvalue weighted by Crippen LogP contribution is -2.60. The van der Waals surface area contributed by atoms with E-state index in [0.29, 0.717) is 12.8 Å². The van der Waals surface area contributed by atoms with Crippen molar-refractivity contribution in [3.8, 4) is 0 Å². The zero-order valence-electron chi connectivity index (χ0n) is 40.8. The van der Waals surface area contributed by atoms with Crippen LogP contribution < -0.4 is 0 Å². The quantitative estimate of drug-likeness (QED) is 0.0197. The van der Waals surface area contributed by atoms with Crippen LogP contribution in [0.25, 0.3) is 0 Å². The lowest BCUT2D eigenvalue weighted by molar-refractivity contribution is -0.297. The first-order valence-corrected chi connectivity index (χ1v) is 27.1. The van der Waals surface area contributed by atoms with E-state index in [-0.39, 0.29) is 19.4 Å². The van der Waals surface area contributed by atoms with Gasteiger partial charge in [0.05, 0.1) is 6.61 Å². The Balaban J connectivity index is 2.42. The van der Waals surface area contributed by atoms with Gasteiger partial charge in [-0.1, -0.05) is 164 Å². The summed E-state index contributed by atoms with van der Waals surface area (Å²) in [6, 6.07) is 0. The molecule has 0 radical (unpaired) electrons. The zero-order chi connectivity index (χ0) is 48.4. The molecule has 1 heterocycles. The van der Waals surface area contributed by atoms with E-state index in [0.717, 1.165) is 77.0 Å². The summed E-state index contributed by atoms with van der Waals surface area (Å²) >= 11 is 0. The first-order valence-electron chi connectivity index (χ1n) is 25.5. The first kappa shape index (κ1) is 61.1. The number of hydrogen-bond acceptors (Lipinski definition) is 11. The highest BCUT2D eigenvalue weighted by Gasteiger charge is 2.46.